The molecule has 0 radical (unpaired) electrons. The van der Waals surface area contributed by atoms with E-state index in [1.165, 1.54) is 10.6 Å². The van der Waals surface area contributed by atoms with Gasteiger partial charge in [0.15, 0.2) is 0 Å². The Hall–Kier alpha value is -0.340. The minimum Gasteiger partial charge on any atom is -0.380 e. The normalized spacial score (nSPS) is 20.4. The Bertz CT molecular complexity index is 338. The smallest absolute Gasteiger partial charge is 0.0495 e. The van der Waals surface area contributed by atoms with Gasteiger partial charge in [-0.25, -0.2) is 0 Å². The van der Waals surface area contributed by atoms with E-state index in [0.29, 0.717) is 12.0 Å². The van der Waals surface area contributed by atoms with Gasteiger partial charge in [-0.3, -0.25) is 0 Å². The molecule has 14 heavy (non-hydrogen) atoms. The summed E-state index contributed by atoms with van der Waals surface area (Å²) in [5, 5.41) is 4.34. The van der Waals surface area contributed by atoms with Crippen molar-refractivity contribution in [1.82, 2.24) is 0 Å². The number of anilines is 1. The van der Waals surface area contributed by atoms with Gasteiger partial charge in [-0.2, -0.15) is 0 Å². The Morgan fingerprint density at radius 1 is 1.50 bits per heavy atom. The summed E-state index contributed by atoms with van der Waals surface area (Å²) in [6.07, 6.45) is 0. The molecule has 1 atom stereocenters. The van der Waals surface area contributed by atoms with Crippen LogP contribution >= 0.6 is 23.4 Å². The molecule has 0 aliphatic carbocycles. The first-order chi connectivity index (χ1) is 6.66. The van der Waals surface area contributed by atoms with Crippen molar-refractivity contribution in [3.8, 4) is 0 Å². The van der Waals surface area contributed by atoms with Crippen LogP contribution in [0.25, 0.3) is 0 Å². The van der Waals surface area contributed by atoms with Crippen molar-refractivity contribution in [2.75, 3.05) is 11.1 Å². The predicted octanol–water partition coefficient (Wildman–Crippen LogP) is 3.88. The molecule has 3 heteroatoms. The van der Waals surface area contributed by atoms with Gasteiger partial charge in [0.25, 0.3) is 0 Å². The Morgan fingerprint density at radius 2 is 2.29 bits per heavy atom. The van der Waals surface area contributed by atoms with Crippen molar-refractivity contribution in [3.63, 3.8) is 0 Å². The van der Waals surface area contributed by atoms with Crippen LogP contribution < -0.4 is 5.32 Å². The zero-order valence-electron chi connectivity index (χ0n) is 8.38. The third kappa shape index (κ3) is 2.01. The summed E-state index contributed by atoms with van der Waals surface area (Å²) in [6, 6.07) is 6.61. The molecule has 2 rings (SSSR count). The van der Waals surface area contributed by atoms with Crippen molar-refractivity contribution < 1.29 is 0 Å². The highest BCUT2D eigenvalue weighted by Crippen LogP contribution is 2.36. The van der Waals surface area contributed by atoms with Gasteiger partial charge in [0, 0.05) is 27.4 Å². The number of nitrogens with one attached hydrogen (secondary N) is 1. The molecule has 0 spiro atoms. The van der Waals surface area contributed by atoms with Crippen LogP contribution in [-0.4, -0.2) is 11.8 Å². The van der Waals surface area contributed by atoms with Crippen LogP contribution in [0, 0.1) is 5.92 Å². The maximum atomic E-state index is 5.95. The third-order valence-electron chi connectivity index (χ3n) is 2.51. The minimum absolute atomic E-state index is 0.561. The first-order valence-electron chi connectivity index (χ1n) is 4.85. The Balaban J connectivity index is 2.24. The highest BCUT2D eigenvalue weighted by Gasteiger charge is 2.20. The standard InChI is InChI=1S/C11H14ClNS/c1-7(2)10-6-14-11-4-3-8(12)5-9(11)13-10/h3-5,7,10,13H,6H2,1-2H3. The van der Waals surface area contributed by atoms with Crippen molar-refractivity contribution in [2.24, 2.45) is 5.92 Å². The third-order valence-corrected chi connectivity index (χ3v) is 3.93. The Labute approximate surface area is 94.2 Å². The molecule has 1 aromatic rings. The van der Waals surface area contributed by atoms with Gasteiger partial charge in [0.2, 0.25) is 0 Å². The van der Waals surface area contributed by atoms with Crippen LogP contribution in [0.1, 0.15) is 13.8 Å². The lowest BCUT2D eigenvalue weighted by molar-refractivity contribution is 0.562. The molecule has 1 aliphatic rings. The lowest BCUT2D eigenvalue weighted by Crippen LogP contribution is -2.30. The summed E-state index contributed by atoms with van der Waals surface area (Å²) in [5.74, 6) is 1.81. The summed E-state index contributed by atoms with van der Waals surface area (Å²) in [5.41, 5.74) is 1.19. The van der Waals surface area contributed by atoms with E-state index in [2.05, 4.69) is 25.2 Å². The number of hydrogen-bond acceptors (Lipinski definition) is 2. The van der Waals surface area contributed by atoms with Crippen LogP contribution in [0.2, 0.25) is 5.02 Å². The van der Waals surface area contributed by atoms with E-state index in [9.17, 15) is 0 Å². The SMILES string of the molecule is CC(C)C1CSc2ccc(Cl)cc2N1. The number of rotatable bonds is 1. The molecular formula is C11H14ClNS. The number of benzene rings is 1. The van der Waals surface area contributed by atoms with Crippen molar-refractivity contribution in [2.45, 2.75) is 24.8 Å². The molecule has 0 fully saturated rings. The maximum absolute atomic E-state index is 5.95. The van der Waals surface area contributed by atoms with E-state index in [4.69, 9.17) is 11.6 Å². The molecule has 1 aliphatic heterocycles. The molecule has 0 aromatic heterocycles. The average molecular weight is 228 g/mol. The molecule has 1 N–H and O–H groups in total. The number of hydrogen-bond donors (Lipinski definition) is 1. The predicted molar refractivity (Wildman–Crippen MR) is 64.4 cm³/mol. The van der Waals surface area contributed by atoms with Crippen molar-refractivity contribution in [1.29, 1.82) is 0 Å². The second-order valence-corrected chi connectivity index (χ2v) is 5.44. The first kappa shape index (κ1) is 10.2. The molecule has 0 amide bonds. The van der Waals surface area contributed by atoms with Gasteiger partial charge in [0.1, 0.15) is 0 Å². The number of thioether (sulfide) groups is 1. The van der Waals surface area contributed by atoms with E-state index in [1.807, 2.05) is 23.9 Å². The fraction of sp³-hybridized carbons (Fsp3) is 0.455. The van der Waals surface area contributed by atoms with Gasteiger partial charge in [-0.1, -0.05) is 25.4 Å². The molecular weight excluding hydrogens is 214 g/mol. The fourth-order valence-electron chi connectivity index (χ4n) is 1.52. The molecule has 1 heterocycles. The number of halogens is 1. The van der Waals surface area contributed by atoms with Crippen LogP contribution in [-0.2, 0) is 0 Å². The summed E-state index contributed by atoms with van der Waals surface area (Å²) >= 11 is 7.87. The average Bonchev–Trinajstić information content (AvgIpc) is 2.16. The molecule has 0 saturated heterocycles. The zero-order chi connectivity index (χ0) is 10.1. The monoisotopic (exact) mass is 227 g/mol. The number of fused-ring (bicyclic) bond motifs is 1. The minimum atomic E-state index is 0.561. The van der Waals surface area contributed by atoms with Gasteiger partial charge < -0.3 is 5.32 Å². The molecule has 76 valence electrons. The van der Waals surface area contributed by atoms with Crippen LogP contribution in [0.5, 0.6) is 0 Å². The van der Waals surface area contributed by atoms with Crippen molar-refractivity contribution >= 4 is 29.1 Å². The summed E-state index contributed by atoms with van der Waals surface area (Å²) in [6.45, 7) is 4.49. The highest BCUT2D eigenvalue weighted by molar-refractivity contribution is 7.99. The lowest BCUT2D eigenvalue weighted by Gasteiger charge is -2.29. The summed E-state index contributed by atoms with van der Waals surface area (Å²) in [7, 11) is 0. The van der Waals surface area contributed by atoms with Gasteiger partial charge >= 0.3 is 0 Å². The summed E-state index contributed by atoms with van der Waals surface area (Å²) in [4.78, 5) is 1.31. The maximum Gasteiger partial charge on any atom is 0.0495 e. The van der Waals surface area contributed by atoms with Gasteiger partial charge in [-0.15, -0.1) is 11.8 Å². The van der Waals surface area contributed by atoms with Crippen LogP contribution in [0.4, 0.5) is 5.69 Å². The quantitative estimate of drug-likeness (QED) is 0.782. The highest BCUT2D eigenvalue weighted by atomic mass is 35.5. The summed E-state index contributed by atoms with van der Waals surface area (Å²) < 4.78 is 0. The fourth-order valence-corrected chi connectivity index (χ4v) is 2.96. The van der Waals surface area contributed by atoms with Crippen LogP contribution in [0.15, 0.2) is 23.1 Å². The van der Waals surface area contributed by atoms with Crippen molar-refractivity contribution in [3.05, 3.63) is 23.2 Å². The lowest BCUT2D eigenvalue weighted by atomic mass is 10.1. The van der Waals surface area contributed by atoms with Gasteiger partial charge in [-0.05, 0) is 24.1 Å². The molecule has 0 saturated carbocycles. The van der Waals surface area contributed by atoms with E-state index >= 15 is 0 Å². The van der Waals surface area contributed by atoms with Gasteiger partial charge in [0.05, 0.1) is 0 Å². The second kappa shape index (κ2) is 4.03. The van der Waals surface area contributed by atoms with E-state index in [-0.39, 0.29) is 0 Å². The second-order valence-electron chi connectivity index (χ2n) is 3.95. The van der Waals surface area contributed by atoms with Crippen LogP contribution in [0.3, 0.4) is 0 Å². The molecule has 1 nitrogen and oxygen atoms in total. The Kier molecular flexibility index (Phi) is 2.93. The van der Waals surface area contributed by atoms with E-state index < -0.39 is 0 Å². The molecule has 1 unspecified atom stereocenters. The zero-order valence-corrected chi connectivity index (χ0v) is 9.95. The van der Waals surface area contributed by atoms with E-state index in [0.717, 1.165) is 10.8 Å². The topological polar surface area (TPSA) is 12.0 Å². The molecule has 0 bridgehead atoms. The van der Waals surface area contributed by atoms with E-state index in [1.54, 1.807) is 0 Å². The molecule has 1 aromatic carbocycles. The largest absolute Gasteiger partial charge is 0.380 e. The Morgan fingerprint density at radius 3 is 3.00 bits per heavy atom. The first-order valence-corrected chi connectivity index (χ1v) is 6.22.